The van der Waals surface area contributed by atoms with Crippen molar-refractivity contribution in [3.05, 3.63) is 54.7 Å². The Balaban J connectivity index is 1.94. The number of sulfonamides is 1. The molecule has 9 heteroatoms. The Hall–Kier alpha value is -3.43. The fourth-order valence-corrected chi connectivity index (χ4v) is 3.50. The number of primary sulfonamides is 1. The second kappa shape index (κ2) is 6.08. The zero-order chi connectivity index (χ0) is 19.2. The summed E-state index contributed by atoms with van der Waals surface area (Å²) in [5.41, 5.74) is 15.9. The van der Waals surface area contributed by atoms with Gasteiger partial charge in [0.25, 0.3) is 0 Å². The van der Waals surface area contributed by atoms with Crippen LogP contribution in [0.4, 0.5) is 11.6 Å². The standard InChI is InChI=1S/C18H16N6O2S/c19-16-9-11(5-6-22-16)12-7-14(17-15(8-12)18(20)24-23-17)10-1-3-13(4-2-10)27(21,25)26/h1-9H,(H2,19,22)(H3,20,23,24)(H2,21,25,26). The van der Waals surface area contributed by atoms with Crippen LogP contribution in [0.2, 0.25) is 0 Å². The van der Waals surface area contributed by atoms with Crippen LogP contribution in [-0.4, -0.2) is 23.6 Å². The van der Waals surface area contributed by atoms with E-state index in [9.17, 15) is 8.42 Å². The first-order chi connectivity index (χ1) is 12.8. The lowest BCUT2D eigenvalue weighted by Crippen LogP contribution is -2.11. The topological polar surface area (TPSA) is 154 Å². The average Bonchev–Trinajstić information content (AvgIpc) is 3.01. The van der Waals surface area contributed by atoms with E-state index in [4.69, 9.17) is 16.6 Å². The zero-order valence-electron chi connectivity index (χ0n) is 14.0. The Labute approximate surface area is 155 Å². The third-order valence-corrected chi connectivity index (χ3v) is 5.24. The molecule has 4 rings (SSSR count). The van der Waals surface area contributed by atoms with E-state index >= 15 is 0 Å². The van der Waals surface area contributed by atoms with Crippen LogP contribution in [0.3, 0.4) is 0 Å². The lowest BCUT2D eigenvalue weighted by molar-refractivity contribution is 0.598. The number of hydrogen-bond donors (Lipinski definition) is 4. The van der Waals surface area contributed by atoms with Crippen molar-refractivity contribution in [3.8, 4) is 22.3 Å². The molecule has 0 saturated heterocycles. The minimum atomic E-state index is -3.76. The molecule has 0 fully saturated rings. The molecule has 0 aliphatic heterocycles. The SMILES string of the molecule is Nc1cc(-c2cc(-c3ccc(S(N)(=O)=O)cc3)c3[nH]nc(N)c3c2)ccn1. The summed E-state index contributed by atoms with van der Waals surface area (Å²) in [6, 6.07) is 13.8. The zero-order valence-corrected chi connectivity index (χ0v) is 14.9. The Morgan fingerprint density at radius 3 is 2.30 bits per heavy atom. The van der Waals surface area contributed by atoms with E-state index < -0.39 is 10.0 Å². The smallest absolute Gasteiger partial charge is 0.238 e. The summed E-state index contributed by atoms with van der Waals surface area (Å²) in [7, 11) is -3.76. The average molecular weight is 380 g/mol. The number of aromatic amines is 1. The van der Waals surface area contributed by atoms with Crippen LogP contribution in [0.15, 0.2) is 59.6 Å². The van der Waals surface area contributed by atoms with Crippen molar-refractivity contribution in [2.75, 3.05) is 11.5 Å². The molecule has 2 heterocycles. The van der Waals surface area contributed by atoms with Gasteiger partial charge in [-0.15, -0.1) is 0 Å². The third kappa shape index (κ3) is 3.09. The van der Waals surface area contributed by atoms with Gasteiger partial charge in [-0.3, -0.25) is 5.10 Å². The number of nitrogens with one attached hydrogen (secondary N) is 1. The number of pyridine rings is 1. The molecule has 0 aliphatic carbocycles. The fraction of sp³-hybridized carbons (Fsp3) is 0. The molecular weight excluding hydrogens is 364 g/mol. The number of nitrogens with two attached hydrogens (primary N) is 3. The van der Waals surface area contributed by atoms with Gasteiger partial charge in [-0.1, -0.05) is 12.1 Å². The predicted molar refractivity (Wildman–Crippen MR) is 105 cm³/mol. The van der Waals surface area contributed by atoms with Gasteiger partial charge in [0.1, 0.15) is 5.82 Å². The van der Waals surface area contributed by atoms with Gasteiger partial charge in [0.2, 0.25) is 10.0 Å². The van der Waals surface area contributed by atoms with E-state index in [1.165, 1.54) is 12.1 Å². The Kier molecular flexibility index (Phi) is 3.83. The van der Waals surface area contributed by atoms with Crippen molar-refractivity contribution in [2.24, 2.45) is 5.14 Å². The fourth-order valence-electron chi connectivity index (χ4n) is 2.99. The largest absolute Gasteiger partial charge is 0.384 e. The first-order valence-electron chi connectivity index (χ1n) is 7.95. The number of H-pyrrole nitrogens is 1. The van der Waals surface area contributed by atoms with Crippen molar-refractivity contribution in [1.29, 1.82) is 0 Å². The van der Waals surface area contributed by atoms with Crippen molar-refractivity contribution in [2.45, 2.75) is 4.90 Å². The van der Waals surface area contributed by atoms with Crippen LogP contribution < -0.4 is 16.6 Å². The number of hydrogen-bond acceptors (Lipinski definition) is 6. The molecule has 0 saturated carbocycles. The van der Waals surface area contributed by atoms with Gasteiger partial charge in [0, 0.05) is 17.1 Å². The van der Waals surface area contributed by atoms with Crippen molar-refractivity contribution in [1.82, 2.24) is 15.2 Å². The minimum Gasteiger partial charge on any atom is -0.384 e. The molecule has 0 spiro atoms. The quantitative estimate of drug-likeness (QED) is 0.427. The lowest BCUT2D eigenvalue weighted by atomic mass is 9.96. The van der Waals surface area contributed by atoms with Crippen LogP contribution in [0.5, 0.6) is 0 Å². The van der Waals surface area contributed by atoms with Crippen molar-refractivity contribution in [3.63, 3.8) is 0 Å². The molecule has 27 heavy (non-hydrogen) atoms. The highest BCUT2D eigenvalue weighted by Gasteiger charge is 2.14. The highest BCUT2D eigenvalue weighted by atomic mass is 32.2. The maximum absolute atomic E-state index is 11.5. The maximum atomic E-state index is 11.5. The number of rotatable bonds is 3. The Morgan fingerprint density at radius 2 is 1.63 bits per heavy atom. The van der Waals surface area contributed by atoms with Gasteiger partial charge in [0.15, 0.2) is 5.82 Å². The minimum absolute atomic E-state index is 0.0460. The number of nitrogen functional groups attached to an aromatic ring is 2. The summed E-state index contributed by atoms with van der Waals surface area (Å²) >= 11 is 0. The molecule has 7 N–H and O–H groups in total. The van der Waals surface area contributed by atoms with E-state index in [0.717, 1.165) is 33.2 Å². The Morgan fingerprint density at radius 1 is 0.889 bits per heavy atom. The second-order valence-electron chi connectivity index (χ2n) is 6.09. The monoisotopic (exact) mass is 380 g/mol. The van der Waals surface area contributed by atoms with E-state index in [1.54, 1.807) is 24.4 Å². The summed E-state index contributed by atoms with van der Waals surface area (Å²) < 4.78 is 23.0. The normalized spacial score (nSPS) is 11.7. The van der Waals surface area contributed by atoms with E-state index in [1.807, 2.05) is 18.2 Å². The molecule has 2 aromatic carbocycles. The number of benzene rings is 2. The van der Waals surface area contributed by atoms with E-state index in [2.05, 4.69) is 15.2 Å². The maximum Gasteiger partial charge on any atom is 0.238 e. The van der Waals surface area contributed by atoms with Gasteiger partial charge >= 0.3 is 0 Å². The van der Waals surface area contributed by atoms with Crippen molar-refractivity contribution >= 4 is 32.6 Å². The Bertz CT molecular complexity index is 1260. The summed E-state index contributed by atoms with van der Waals surface area (Å²) in [6.45, 7) is 0. The van der Waals surface area contributed by atoms with Gasteiger partial charge in [-0.05, 0) is 53.1 Å². The molecule has 0 aliphatic rings. The summed E-state index contributed by atoms with van der Waals surface area (Å²) in [6.07, 6.45) is 1.63. The van der Waals surface area contributed by atoms with Gasteiger partial charge < -0.3 is 11.5 Å². The molecule has 8 nitrogen and oxygen atoms in total. The molecule has 0 amide bonds. The van der Waals surface area contributed by atoms with Crippen LogP contribution in [-0.2, 0) is 10.0 Å². The summed E-state index contributed by atoms with van der Waals surface area (Å²) in [4.78, 5) is 4.06. The van der Waals surface area contributed by atoms with Gasteiger partial charge in [-0.2, -0.15) is 5.10 Å². The van der Waals surface area contributed by atoms with Crippen LogP contribution in [0, 0.1) is 0 Å². The van der Waals surface area contributed by atoms with E-state index in [0.29, 0.717) is 11.6 Å². The second-order valence-corrected chi connectivity index (χ2v) is 7.66. The number of fused-ring (bicyclic) bond motifs is 1. The predicted octanol–water partition coefficient (Wildman–Crippen LogP) is 2.10. The van der Waals surface area contributed by atoms with Crippen molar-refractivity contribution < 1.29 is 8.42 Å². The molecule has 0 unspecified atom stereocenters. The number of anilines is 2. The van der Waals surface area contributed by atoms with E-state index in [-0.39, 0.29) is 4.90 Å². The van der Waals surface area contributed by atoms with Crippen LogP contribution >= 0.6 is 0 Å². The molecule has 0 atom stereocenters. The number of nitrogens with zero attached hydrogens (tertiary/aromatic N) is 2. The third-order valence-electron chi connectivity index (χ3n) is 4.31. The molecule has 2 aromatic heterocycles. The molecule has 0 bridgehead atoms. The number of aromatic nitrogens is 3. The highest BCUT2D eigenvalue weighted by Crippen LogP contribution is 2.35. The summed E-state index contributed by atoms with van der Waals surface area (Å²) in [5.74, 6) is 0.781. The van der Waals surface area contributed by atoms with Gasteiger partial charge in [-0.25, -0.2) is 18.5 Å². The molecule has 136 valence electrons. The summed E-state index contributed by atoms with van der Waals surface area (Å²) in [5, 5.41) is 13.0. The molecule has 4 aromatic rings. The molecule has 0 radical (unpaired) electrons. The lowest BCUT2D eigenvalue weighted by Gasteiger charge is -2.09. The van der Waals surface area contributed by atoms with Crippen LogP contribution in [0.25, 0.3) is 33.2 Å². The first kappa shape index (κ1) is 17.0. The van der Waals surface area contributed by atoms with Gasteiger partial charge in [0.05, 0.1) is 10.4 Å². The first-order valence-corrected chi connectivity index (χ1v) is 9.50. The highest BCUT2D eigenvalue weighted by molar-refractivity contribution is 7.89. The molecular formula is C18H16N6O2S. The van der Waals surface area contributed by atoms with Crippen LogP contribution in [0.1, 0.15) is 0 Å².